The molecule has 5 nitrogen and oxygen atoms in total. The molecule has 0 aromatic heterocycles. The number of fused-ring (bicyclic) bond motifs is 5. The first-order valence-electron chi connectivity index (χ1n) is 11.8. The first kappa shape index (κ1) is 21.6. The number of aliphatic carboxylic acids is 1. The second-order valence-electron chi connectivity index (χ2n) is 11.4. The van der Waals surface area contributed by atoms with Crippen molar-refractivity contribution in [3.05, 3.63) is 0 Å². The Morgan fingerprint density at radius 2 is 1.76 bits per heavy atom. The van der Waals surface area contributed by atoms with Crippen molar-refractivity contribution < 1.29 is 25.2 Å². The molecule has 0 aliphatic heterocycles. The van der Waals surface area contributed by atoms with Crippen LogP contribution >= 0.6 is 0 Å². The third-order valence-corrected chi connectivity index (χ3v) is 10.3. The predicted molar refractivity (Wildman–Crippen MR) is 110 cm³/mol. The molecule has 5 heteroatoms. The molecule has 0 bridgehead atoms. The summed E-state index contributed by atoms with van der Waals surface area (Å²) in [6, 6.07) is 0. The van der Waals surface area contributed by atoms with Gasteiger partial charge in [0.05, 0.1) is 18.3 Å². The summed E-state index contributed by atoms with van der Waals surface area (Å²) in [7, 11) is 0. The van der Waals surface area contributed by atoms with Crippen molar-refractivity contribution in [2.75, 3.05) is 0 Å². The lowest BCUT2D eigenvalue weighted by atomic mass is 9.43. The molecule has 4 aliphatic carbocycles. The Morgan fingerprint density at radius 1 is 1.03 bits per heavy atom. The molecule has 0 heterocycles. The lowest BCUT2D eigenvalue weighted by Crippen LogP contribution is -2.62. The molecule has 166 valence electrons. The first-order valence-corrected chi connectivity index (χ1v) is 11.8. The zero-order valence-corrected chi connectivity index (χ0v) is 18.3. The van der Waals surface area contributed by atoms with E-state index in [9.17, 15) is 20.1 Å². The second-order valence-corrected chi connectivity index (χ2v) is 11.4. The van der Waals surface area contributed by atoms with Crippen LogP contribution in [0.25, 0.3) is 0 Å². The van der Waals surface area contributed by atoms with Crippen molar-refractivity contribution in [1.82, 2.24) is 0 Å². The molecule has 0 amide bonds. The van der Waals surface area contributed by atoms with Gasteiger partial charge in [-0.2, -0.15) is 0 Å². The summed E-state index contributed by atoms with van der Waals surface area (Å²) in [5.41, 5.74) is -0.143. The van der Waals surface area contributed by atoms with Gasteiger partial charge in [-0.15, -0.1) is 0 Å². The molecule has 0 spiro atoms. The van der Waals surface area contributed by atoms with Gasteiger partial charge in [0.2, 0.25) is 0 Å². The smallest absolute Gasteiger partial charge is 0.303 e. The van der Waals surface area contributed by atoms with Crippen LogP contribution in [0.3, 0.4) is 0 Å². The van der Waals surface area contributed by atoms with Crippen LogP contribution < -0.4 is 0 Å². The zero-order valence-electron chi connectivity index (χ0n) is 18.3. The fourth-order valence-electron chi connectivity index (χ4n) is 8.68. The molecule has 4 fully saturated rings. The van der Waals surface area contributed by atoms with Gasteiger partial charge in [-0.1, -0.05) is 20.8 Å². The fraction of sp³-hybridized carbons (Fsp3) is 0.958. The van der Waals surface area contributed by atoms with E-state index >= 15 is 0 Å². The van der Waals surface area contributed by atoms with Crippen LogP contribution in [0.4, 0.5) is 0 Å². The highest BCUT2D eigenvalue weighted by Crippen LogP contribution is 2.68. The van der Waals surface area contributed by atoms with Gasteiger partial charge < -0.3 is 20.4 Å². The normalized spacial score (nSPS) is 52.9. The van der Waals surface area contributed by atoms with Crippen LogP contribution in [0.1, 0.15) is 78.6 Å². The predicted octanol–water partition coefficient (Wildman–Crippen LogP) is 3.45. The molecule has 4 N–H and O–H groups in total. The minimum atomic E-state index is -0.748. The maximum atomic E-state index is 11.5. The van der Waals surface area contributed by atoms with E-state index in [1.165, 1.54) is 0 Å². The third kappa shape index (κ3) is 3.27. The van der Waals surface area contributed by atoms with E-state index in [-0.39, 0.29) is 41.3 Å². The highest BCUT2D eigenvalue weighted by Gasteiger charge is 2.65. The van der Waals surface area contributed by atoms with E-state index in [1.807, 2.05) is 0 Å². The van der Waals surface area contributed by atoms with Crippen molar-refractivity contribution in [1.29, 1.82) is 0 Å². The van der Waals surface area contributed by atoms with Gasteiger partial charge in [-0.05, 0) is 97.7 Å². The van der Waals surface area contributed by atoms with Crippen molar-refractivity contribution in [3.63, 3.8) is 0 Å². The number of hydrogen-bond acceptors (Lipinski definition) is 4. The zero-order chi connectivity index (χ0) is 21.1. The van der Waals surface area contributed by atoms with Crippen LogP contribution in [0.5, 0.6) is 0 Å². The summed E-state index contributed by atoms with van der Waals surface area (Å²) in [4.78, 5) is 11.1. The van der Waals surface area contributed by atoms with Gasteiger partial charge in [0.15, 0.2) is 0 Å². The first-order chi connectivity index (χ1) is 13.6. The quantitative estimate of drug-likeness (QED) is 0.571. The Labute approximate surface area is 174 Å². The van der Waals surface area contributed by atoms with Gasteiger partial charge in [0.25, 0.3) is 0 Å². The molecule has 0 aromatic rings. The fourth-order valence-corrected chi connectivity index (χ4v) is 8.68. The van der Waals surface area contributed by atoms with Crippen LogP contribution in [-0.4, -0.2) is 44.7 Å². The molecular weight excluding hydrogens is 368 g/mol. The van der Waals surface area contributed by atoms with Crippen LogP contribution in [-0.2, 0) is 4.79 Å². The molecule has 4 aliphatic rings. The Kier molecular flexibility index (Phi) is 5.57. The number of aliphatic hydroxyl groups excluding tert-OH is 3. The summed E-state index contributed by atoms with van der Waals surface area (Å²) in [5.74, 6) is 0.997. The largest absolute Gasteiger partial charge is 0.481 e. The molecule has 4 saturated carbocycles. The minimum Gasteiger partial charge on any atom is -0.481 e. The highest BCUT2D eigenvalue weighted by molar-refractivity contribution is 5.66. The van der Waals surface area contributed by atoms with E-state index in [1.54, 1.807) is 0 Å². The standard InChI is InChI=1S/C24H40O5/c1-13(4-7-21(28)29)16-5-6-17-22-18(12-20(27)24(16,17)3)23(2)9-8-15(25)10-14(23)11-19(22)26/h13-20,22,25-27H,4-12H2,1-3H3,(H,28,29)/t13-,14-,15-,16-,17+,18+,19-,20+,22-,23+,24-/m1/s1. The molecule has 0 radical (unpaired) electrons. The van der Waals surface area contributed by atoms with Crippen LogP contribution in [0, 0.1) is 46.3 Å². The summed E-state index contributed by atoms with van der Waals surface area (Å²) in [6.45, 7) is 6.72. The maximum Gasteiger partial charge on any atom is 0.303 e. The van der Waals surface area contributed by atoms with E-state index in [0.717, 1.165) is 44.9 Å². The maximum absolute atomic E-state index is 11.5. The topological polar surface area (TPSA) is 98.0 Å². The Hall–Kier alpha value is -0.650. The molecule has 29 heavy (non-hydrogen) atoms. The number of aliphatic hydroxyl groups is 3. The van der Waals surface area contributed by atoms with Crippen molar-refractivity contribution >= 4 is 5.97 Å². The number of carboxylic acid groups (broad SMARTS) is 1. The number of hydrogen-bond donors (Lipinski definition) is 4. The molecular formula is C24H40O5. The van der Waals surface area contributed by atoms with E-state index < -0.39 is 12.1 Å². The SMILES string of the molecule is C[C@H](CCC(=O)O)[C@H]1CC[C@H]2[C@H]3[C@H](O)C[C@H]4C[C@H](O)CC[C@]4(C)[C@H]3C[C@H](O)[C@]12C. The van der Waals surface area contributed by atoms with Crippen LogP contribution in [0.2, 0.25) is 0 Å². The van der Waals surface area contributed by atoms with Crippen molar-refractivity contribution in [3.8, 4) is 0 Å². The summed E-state index contributed by atoms with van der Waals surface area (Å²) >= 11 is 0. The minimum absolute atomic E-state index is 0.0957. The lowest BCUT2D eigenvalue weighted by Gasteiger charge is -2.63. The summed E-state index contributed by atoms with van der Waals surface area (Å²) in [6.07, 6.45) is 6.00. The molecule has 0 saturated heterocycles. The van der Waals surface area contributed by atoms with Crippen molar-refractivity contribution in [2.24, 2.45) is 46.3 Å². The van der Waals surface area contributed by atoms with E-state index in [4.69, 9.17) is 5.11 Å². The Balaban J connectivity index is 1.61. The molecule has 0 aromatic carbocycles. The second kappa shape index (κ2) is 7.49. The number of rotatable bonds is 4. The monoisotopic (exact) mass is 408 g/mol. The number of carbonyl (C=O) groups is 1. The van der Waals surface area contributed by atoms with Gasteiger partial charge in [-0.25, -0.2) is 0 Å². The van der Waals surface area contributed by atoms with Gasteiger partial charge in [-0.3, -0.25) is 4.79 Å². The molecule has 0 unspecified atom stereocenters. The average molecular weight is 409 g/mol. The Morgan fingerprint density at radius 3 is 2.45 bits per heavy atom. The molecule has 11 atom stereocenters. The van der Waals surface area contributed by atoms with Gasteiger partial charge in [0, 0.05) is 6.42 Å². The highest BCUT2D eigenvalue weighted by atomic mass is 16.4. The third-order valence-electron chi connectivity index (χ3n) is 10.3. The van der Waals surface area contributed by atoms with Crippen LogP contribution in [0.15, 0.2) is 0 Å². The van der Waals surface area contributed by atoms with Gasteiger partial charge >= 0.3 is 5.97 Å². The van der Waals surface area contributed by atoms with Crippen molar-refractivity contribution in [2.45, 2.75) is 96.9 Å². The van der Waals surface area contributed by atoms with Gasteiger partial charge in [0.1, 0.15) is 0 Å². The van der Waals surface area contributed by atoms with E-state index in [2.05, 4.69) is 20.8 Å². The van der Waals surface area contributed by atoms with E-state index in [0.29, 0.717) is 30.1 Å². The summed E-state index contributed by atoms with van der Waals surface area (Å²) in [5, 5.41) is 42.0. The lowest BCUT2D eigenvalue weighted by molar-refractivity contribution is -0.207. The average Bonchev–Trinajstić information content (AvgIpc) is 3.01. The number of carboxylic acids is 1. The Bertz CT molecular complexity index is 637. The summed E-state index contributed by atoms with van der Waals surface area (Å²) < 4.78 is 0. The molecule has 4 rings (SSSR count).